The van der Waals surface area contributed by atoms with E-state index in [0.29, 0.717) is 17.9 Å². The first-order valence-electron chi connectivity index (χ1n) is 8.86. The average Bonchev–Trinajstić information content (AvgIpc) is 3.41. The van der Waals surface area contributed by atoms with Gasteiger partial charge in [0.25, 0.3) is 5.91 Å². The third kappa shape index (κ3) is 4.10. The highest BCUT2D eigenvalue weighted by molar-refractivity contribution is 7.08. The highest BCUT2D eigenvalue weighted by Gasteiger charge is 2.13. The molecule has 0 aliphatic heterocycles. The number of nitrogens with one attached hydrogen (secondary N) is 1. The van der Waals surface area contributed by atoms with E-state index >= 15 is 0 Å². The Labute approximate surface area is 166 Å². The molecule has 0 fully saturated rings. The van der Waals surface area contributed by atoms with Gasteiger partial charge in [0.15, 0.2) is 5.69 Å². The van der Waals surface area contributed by atoms with Gasteiger partial charge >= 0.3 is 0 Å². The van der Waals surface area contributed by atoms with Gasteiger partial charge in [0.05, 0.1) is 17.6 Å². The minimum absolute atomic E-state index is 0.258. The van der Waals surface area contributed by atoms with Crippen molar-refractivity contribution in [1.82, 2.24) is 15.0 Å². The van der Waals surface area contributed by atoms with Gasteiger partial charge in [-0.15, -0.1) is 5.10 Å². The Balaban J connectivity index is 1.44. The van der Waals surface area contributed by atoms with Crippen molar-refractivity contribution in [2.75, 3.05) is 11.1 Å². The average molecular weight is 389 g/mol. The van der Waals surface area contributed by atoms with E-state index in [2.05, 4.69) is 33.1 Å². The highest BCUT2D eigenvalue weighted by atomic mass is 32.1. The van der Waals surface area contributed by atoms with Gasteiger partial charge in [0, 0.05) is 6.54 Å². The normalized spacial score (nSPS) is 10.7. The zero-order valence-electron chi connectivity index (χ0n) is 15.1. The molecule has 0 spiro atoms. The predicted octanol–water partition coefficient (Wildman–Crippen LogP) is 4.08. The number of nitrogen functional groups attached to an aromatic ring is 1. The van der Waals surface area contributed by atoms with Crippen LogP contribution >= 0.6 is 11.3 Å². The van der Waals surface area contributed by atoms with Crippen molar-refractivity contribution >= 4 is 28.6 Å². The second-order valence-corrected chi connectivity index (χ2v) is 7.15. The lowest BCUT2D eigenvalue weighted by atomic mass is 10.1. The van der Waals surface area contributed by atoms with Gasteiger partial charge in [0.1, 0.15) is 0 Å². The van der Waals surface area contributed by atoms with Gasteiger partial charge in [0.2, 0.25) is 0 Å². The molecule has 0 atom stereocenters. The minimum Gasteiger partial charge on any atom is -0.397 e. The van der Waals surface area contributed by atoms with Crippen molar-refractivity contribution in [3.05, 3.63) is 82.8 Å². The molecule has 0 bridgehead atoms. The summed E-state index contributed by atoms with van der Waals surface area (Å²) >= 11 is 1.62. The number of hydrogen-bond acceptors (Lipinski definition) is 5. The molecule has 3 N–H and O–H groups in total. The Morgan fingerprint density at radius 1 is 1.11 bits per heavy atom. The van der Waals surface area contributed by atoms with Crippen LogP contribution in [0.4, 0.5) is 11.4 Å². The number of nitrogens with two attached hydrogens (primary N) is 1. The number of rotatable bonds is 6. The van der Waals surface area contributed by atoms with E-state index < -0.39 is 0 Å². The van der Waals surface area contributed by atoms with Crippen molar-refractivity contribution in [3.8, 4) is 11.1 Å². The monoisotopic (exact) mass is 389 g/mol. The molecule has 1 amide bonds. The van der Waals surface area contributed by atoms with Crippen LogP contribution in [0.15, 0.2) is 71.6 Å². The lowest BCUT2D eigenvalue weighted by Gasteiger charge is -2.09. The van der Waals surface area contributed by atoms with E-state index in [1.165, 1.54) is 5.56 Å². The quantitative estimate of drug-likeness (QED) is 0.487. The zero-order chi connectivity index (χ0) is 19.3. The third-order valence-corrected chi connectivity index (χ3v) is 5.08. The maximum absolute atomic E-state index is 12.6. The van der Waals surface area contributed by atoms with Crippen LogP contribution in [0.25, 0.3) is 11.1 Å². The number of aryl methyl sites for hydroxylation is 2. The van der Waals surface area contributed by atoms with Crippen LogP contribution in [0.3, 0.4) is 0 Å². The first-order valence-corrected chi connectivity index (χ1v) is 9.81. The number of anilines is 2. The molecule has 6 nitrogen and oxygen atoms in total. The van der Waals surface area contributed by atoms with E-state index in [1.54, 1.807) is 28.3 Å². The summed E-state index contributed by atoms with van der Waals surface area (Å²) in [7, 11) is 0. The summed E-state index contributed by atoms with van der Waals surface area (Å²) in [6, 6.07) is 17.7. The van der Waals surface area contributed by atoms with Crippen molar-refractivity contribution in [1.29, 1.82) is 0 Å². The summed E-state index contributed by atoms with van der Waals surface area (Å²) in [5.74, 6) is -0.333. The number of thiophene rings is 1. The molecule has 4 rings (SSSR count). The van der Waals surface area contributed by atoms with Crippen molar-refractivity contribution in [3.63, 3.8) is 0 Å². The summed E-state index contributed by atoms with van der Waals surface area (Å²) in [4.78, 5) is 12.6. The summed E-state index contributed by atoms with van der Waals surface area (Å²) in [5.41, 5.74) is 10.7. The van der Waals surface area contributed by atoms with Crippen LogP contribution < -0.4 is 11.1 Å². The molecule has 0 unspecified atom stereocenters. The number of carbonyl (C=O) groups is 1. The number of nitrogens with zero attached hydrogens (tertiary/aromatic N) is 3. The van der Waals surface area contributed by atoms with Crippen LogP contribution in [0.1, 0.15) is 16.1 Å². The Hall–Kier alpha value is -3.45. The number of hydrogen-bond donors (Lipinski definition) is 2. The van der Waals surface area contributed by atoms with E-state index in [4.69, 9.17) is 5.73 Å². The Kier molecular flexibility index (Phi) is 5.16. The first kappa shape index (κ1) is 17.9. The largest absolute Gasteiger partial charge is 0.397 e. The number of benzene rings is 2. The fourth-order valence-electron chi connectivity index (χ4n) is 2.86. The maximum Gasteiger partial charge on any atom is 0.277 e. The summed E-state index contributed by atoms with van der Waals surface area (Å²) < 4.78 is 1.67. The van der Waals surface area contributed by atoms with Crippen LogP contribution in [-0.2, 0) is 13.0 Å². The number of amides is 1. The minimum atomic E-state index is -0.333. The highest BCUT2D eigenvalue weighted by Crippen LogP contribution is 2.28. The zero-order valence-corrected chi connectivity index (χ0v) is 15.9. The van der Waals surface area contributed by atoms with E-state index in [0.717, 1.165) is 17.5 Å². The molecule has 0 saturated carbocycles. The molecule has 2 aromatic carbocycles. The van der Waals surface area contributed by atoms with E-state index in [9.17, 15) is 4.79 Å². The van der Waals surface area contributed by atoms with Crippen LogP contribution in [0.2, 0.25) is 0 Å². The third-order valence-electron chi connectivity index (χ3n) is 4.40. The number of aromatic nitrogens is 3. The molecule has 0 radical (unpaired) electrons. The predicted molar refractivity (Wildman–Crippen MR) is 112 cm³/mol. The Bertz CT molecular complexity index is 1070. The van der Waals surface area contributed by atoms with Crippen LogP contribution in [-0.4, -0.2) is 20.9 Å². The van der Waals surface area contributed by atoms with Gasteiger partial charge in [-0.1, -0.05) is 41.6 Å². The van der Waals surface area contributed by atoms with Crippen molar-refractivity contribution < 1.29 is 4.79 Å². The second kappa shape index (κ2) is 8.06. The van der Waals surface area contributed by atoms with Gasteiger partial charge in [-0.25, -0.2) is 0 Å². The lowest BCUT2D eigenvalue weighted by molar-refractivity contribution is 0.102. The first-order chi connectivity index (χ1) is 13.7. The molecule has 140 valence electrons. The summed E-state index contributed by atoms with van der Waals surface area (Å²) in [6.45, 7) is 0.653. The fourth-order valence-corrected chi connectivity index (χ4v) is 3.52. The molecule has 4 aromatic rings. The van der Waals surface area contributed by atoms with Gasteiger partial charge in [-0.3, -0.25) is 9.48 Å². The number of carbonyl (C=O) groups excluding carboxylic acids is 1. The second-order valence-electron chi connectivity index (χ2n) is 6.37. The SMILES string of the molecule is Nc1ccc(-c2ccsc2)cc1NC(=O)c1cn(CCc2ccccc2)nn1. The molecule has 0 aliphatic rings. The van der Waals surface area contributed by atoms with Gasteiger partial charge < -0.3 is 11.1 Å². The van der Waals surface area contributed by atoms with Crippen LogP contribution in [0.5, 0.6) is 0 Å². The molecule has 7 heteroatoms. The molecule has 0 aliphatic carbocycles. The molecule has 0 saturated heterocycles. The van der Waals surface area contributed by atoms with Crippen molar-refractivity contribution in [2.24, 2.45) is 0 Å². The molecule has 28 heavy (non-hydrogen) atoms. The molecular weight excluding hydrogens is 370 g/mol. The Morgan fingerprint density at radius 2 is 1.96 bits per heavy atom. The fraction of sp³-hybridized carbons (Fsp3) is 0.0952. The standard InChI is InChI=1S/C21H19N5OS/c22-18-7-6-16(17-9-11-28-14-17)12-19(18)23-21(27)20-13-26(25-24-20)10-8-15-4-2-1-3-5-15/h1-7,9,11-14H,8,10,22H2,(H,23,27). The van der Waals surface area contributed by atoms with Crippen LogP contribution in [0, 0.1) is 0 Å². The van der Waals surface area contributed by atoms with Gasteiger partial charge in [-0.05, 0) is 52.1 Å². The van der Waals surface area contributed by atoms with Crippen molar-refractivity contribution in [2.45, 2.75) is 13.0 Å². The lowest BCUT2D eigenvalue weighted by Crippen LogP contribution is -2.13. The topological polar surface area (TPSA) is 85.8 Å². The molecule has 2 aromatic heterocycles. The Morgan fingerprint density at radius 3 is 2.75 bits per heavy atom. The summed E-state index contributed by atoms with van der Waals surface area (Å²) in [6.07, 6.45) is 2.47. The van der Waals surface area contributed by atoms with Gasteiger partial charge in [-0.2, -0.15) is 11.3 Å². The van der Waals surface area contributed by atoms with E-state index in [-0.39, 0.29) is 11.6 Å². The maximum atomic E-state index is 12.6. The molecular formula is C21H19N5OS. The van der Waals surface area contributed by atoms with E-state index in [1.807, 2.05) is 41.8 Å². The molecule has 2 heterocycles. The smallest absolute Gasteiger partial charge is 0.277 e. The summed E-state index contributed by atoms with van der Waals surface area (Å²) in [5, 5.41) is 14.9.